The van der Waals surface area contributed by atoms with Gasteiger partial charge >= 0.3 is 0 Å². The molecule has 1 saturated heterocycles. The molecule has 3 aromatic rings. The Morgan fingerprint density at radius 2 is 1.68 bits per heavy atom. The van der Waals surface area contributed by atoms with Gasteiger partial charge in [-0.25, -0.2) is 4.39 Å². The standard InChI is InChI=1S/C24H28FNO5/c1-3-14-4-6-15(7-5-14)10-26-11-17(16-8-13(2)9-18(25)20(16)26)24-23(30)22(29)21(28)19(12-27)31-24/h4-9,11,19,21-24,27-30H,3,10,12H2,1-2H3/t19-,21-,22+,23-,24+/m1/s1. The first-order chi connectivity index (χ1) is 14.8. The number of benzene rings is 2. The molecule has 0 saturated carbocycles. The van der Waals surface area contributed by atoms with Crippen LogP contribution in [0.25, 0.3) is 10.9 Å². The second kappa shape index (κ2) is 8.68. The van der Waals surface area contributed by atoms with Gasteiger partial charge in [0.05, 0.1) is 12.1 Å². The number of aryl methyl sites for hydroxylation is 2. The number of ether oxygens (including phenoxy) is 1. The van der Waals surface area contributed by atoms with E-state index in [1.54, 1.807) is 17.7 Å². The fourth-order valence-corrected chi connectivity index (χ4v) is 4.34. The van der Waals surface area contributed by atoms with Crippen LogP contribution >= 0.6 is 0 Å². The van der Waals surface area contributed by atoms with Crippen LogP contribution in [0.3, 0.4) is 0 Å². The van der Waals surface area contributed by atoms with Gasteiger partial charge in [0.25, 0.3) is 0 Å². The summed E-state index contributed by atoms with van der Waals surface area (Å²) in [6.45, 7) is 3.76. The molecule has 166 valence electrons. The molecule has 0 unspecified atom stereocenters. The lowest BCUT2D eigenvalue weighted by molar-refractivity contribution is -0.231. The van der Waals surface area contributed by atoms with Crippen molar-refractivity contribution in [3.8, 4) is 0 Å². The summed E-state index contributed by atoms with van der Waals surface area (Å²) in [4.78, 5) is 0. The van der Waals surface area contributed by atoms with Crippen LogP contribution < -0.4 is 0 Å². The molecule has 0 amide bonds. The van der Waals surface area contributed by atoms with Crippen molar-refractivity contribution >= 4 is 10.9 Å². The summed E-state index contributed by atoms with van der Waals surface area (Å²) in [7, 11) is 0. The highest BCUT2D eigenvalue weighted by molar-refractivity contribution is 5.86. The van der Waals surface area contributed by atoms with Gasteiger partial charge in [-0.2, -0.15) is 0 Å². The first-order valence-electron chi connectivity index (χ1n) is 10.5. The van der Waals surface area contributed by atoms with Crippen molar-refractivity contribution in [2.45, 2.75) is 57.3 Å². The van der Waals surface area contributed by atoms with E-state index in [9.17, 15) is 20.4 Å². The number of aliphatic hydroxyl groups excluding tert-OH is 4. The van der Waals surface area contributed by atoms with E-state index in [1.165, 1.54) is 11.6 Å². The zero-order chi connectivity index (χ0) is 22.3. The molecule has 4 rings (SSSR count). The first kappa shape index (κ1) is 21.9. The monoisotopic (exact) mass is 429 g/mol. The van der Waals surface area contributed by atoms with Crippen LogP contribution in [0.1, 0.15) is 35.3 Å². The number of nitrogens with zero attached hydrogens (tertiary/aromatic N) is 1. The van der Waals surface area contributed by atoms with Crippen LogP contribution in [0.4, 0.5) is 4.39 Å². The highest BCUT2D eigenvalue weighted by Crippen LogP contribution is 2.38. The smallest absolute Gasteiger partial charge is 0.147 e. The topological polar surface area (TPSA) is 95.1 Å². The van der Waals surface area contributed by atoms with Crippen LogP contribution in [0.15, 0.2) is 42.6 Å². The van der Waals surface area contributed by atoms with E-state index in [2.05, 4.69) is 6.92 Å². The second-order valence-corrected chi connectivity index (χ2v) is 8.27. The lowest BCUT2D eigenvalue weighted by Crippen LogP contribution is -2.55. The Morgan fingerprint density at radius 1 is 1.00 bits per heavy atom. The molecule has 0 radical (unpaired) electrons. The molecule has 5 atom stereocenters. The minimum atomic E-state index is -1.49. The van der Waals surface area contributed by atoms with Crippen LogP contribution in [0, 0.1) is 12.7 Å². The Balaban J connectivity index is 1.80. The van der Waals surface area contributed by atoms with Gasteiger partial charge < -0.3 is 29.7 Å². The number of aromatic nitrogens is 1. The Bertz CT molecular complexity index is 1060. The Hall–Kier alpha value is -2.29. The van der Waals surface area contributed by atoms with E-state index in [-0.39, 0.29) is 0 Å². The highest BCUT2D eigenvalue weighted by atomic mass is 19.1. The van der Waals surface area contributed by atoms with Crippen molar-refractivity contribution in [2.75, 3.05) is 6.61 Å². The number of rotatable bonds is 5. The molecule has 31 heavy (non-hydrogen) atoms. The zero-order valence-electron chi connectivity index (χ0n) is 17.6. The second-order valence-electron chi connectivity index (χ2n) is 8.27. The number of aliphatic hydroxyl groups is 4. The maximum atomic E-state index is 15.0. The molecule has 2 heterocycles. The molecule has 2 aromatic carbocycles. The maximum Gasteiger partial charge on any atom is 0.147 e. The molecule has 6 nitrogen and oxygen atoms in total. The summed E-state index contributed by atoms with van der Waals surface area (Å²) in [5.74, 6) is -0.393. The molecular formula is C24H28FNO5. The van der Waals surface area contributed by atoms with E-state index in [1.807, 2.05) is 30.3 Å². The van der Waals surface area contributed by atoms with Crippen molar-refractivity contribution in [2.24, 2.45) is 0 Å². The molecule has 0 aliphatic carbocycles. The average Bonchev–Trinajstić information content (AvgIpc) is 3.11. The molecule has 0 bridgehead atoms. The predicted molar refractivity (Wildman–Crippen MR) is 114 cm³/mol. The third kappa shape index (κ3) is 4.00. The van der Waals surface area contributed by atoms with Gasteiger partial charge in [0.1, 0.15) is 36.3 Å². The molecular weight excluding hydrogens is 401 g/mol. The van der Waals surface area contributed by atoms with Crippen molar-refractivity contribution < 1.29 is 29.6 Å². The largest absolute Gasteiger partial charge is 0.394 e. The molecule has 1 fully saturated rings. The Kier molecular flexibility index (Phi) is 6.14. The lowest BCUT2D eigenvalue weighted by Gasteiger charge is -2.40. The summed E-state index contributed by atoms with van der Waals surface area (Å²) >= 11 is 0. The van der Waals surface area contributed by atoms with Gasteiger partial charge in [-0.05, 0) is 42.2 Å². The molecule has 7 heteroatoms. The third-order valence-corrected chi connectivity index (χ3v) is 6.08. The minimum Gasteiger partial charge on any atom is -0.394 e. The molecule has 1 aliphatic heterocycles. The van der Waals surface area contributed by atoms with Crippen molar-refractivity contribution in [3.63, 3.8) is 0 Å². The third-order valence-electron chi connectivity index (χ3n) is 6.08. The quantitative estimate of drug-likeness (QED) is 0.499. The van der Waals surface area contributed by atoms with Gasteiger partial charge in [-0.15, -0.1) is 0 Å². The van der Waals surface area contributed by atoms with Crippen LogP contribution in [0.5, 0.6) is 0 Å². The molecule has 1 aromatic heterocycles. The predicted octanol–water partition coefficient (Wildman–Crippen LogP) is 2.21. The van der Waals surface area contributed by atoms with E-state index in [0.29, 0.717) is 28.6 Å². The SMILES string of the molecule is CCc1ccc(Cn2cc([C@@H]3O[C@H](CO)[C@@H](O)[C@H](O)[C@H]3O)c3cc(C)cc(F)c32)cc1. The fourth-order valence-electron chi connectivity index (χ4n) is 4.34. The Morgan fingerprint density at radius 3 is 2.32 bits per heavy atom. The van der Waals surface area contributed by atoms with E-state index in [4.69, 9.17) is 4.74 Å². The van der Waals surface area contributed by atoms with E-state index < -0.39 is 42.9 Å². The van der Waals surface area contributed by atoms with Crippen LogP contribution in [-0.2, 0) is 17.7 Å². The highest BCUT2D eigenvalue weighted by Gasteiger charge is 2.44. The summed E-state index contributed by atoms with van der Waals surface area (Å²) in [6.07, 6.45) is -3.77. The molecule has 4 N–H and O–H groups in total. The zero-order valence-corrected chi connectivity index (χ0v) is 17.6. The summed E-state index contributed by atoms with van der Waals surface area (Å²) in [6, 6.07) is 11.4. The minimum absolute atomic E-state index is 0.372. The van der Waals surface area contributed by atoms with Crippen molar-refractivity contribution in [1.29, 1.82) is 0 Å². The van der Waals surface area contributed by atoms with E-state index in [0.717, 1.165) is 12.0 Å². The Labute approximate surface area is 180 Å². The fraction of sp³-hybridized carbons (Fsp3) is 0.417. The molecule has 0 spiro atoms. The normalized spacial score (nSPS) is 26.5. The van der Waals surface area contributed by atoms with Crippen LogP contribution in [0.2, 0.25) is 0 Å². The number of halogens is 1. The van der Waals surface area contributed by atoms with Gasteiger partial charge in [0, 0.05) is 23.7 Å². The molecule has 1 aliphatic rings. The average molecular weight is 429 g/mol. The summed E-state index contributed by atoms with van der Waals surface area (Å²) < 4.78 is 22.6. The van der Waals surface area contributed by atoms with Gasteiger partial charge in [0.2, 0.25) is 0 Å². The van der Waals surface area contributed by atoms with Crippen LogP contribution in [-0.4, -0.2) is 56.0 Å². The number of hydrogen-bond donors (Lipinski definition) is 4. The van der Waals surface area contributed by atoms with Crippen molar-refractivity contribution in [1.82, 2.24) is 4.57 Å². The lowest BCUT2D eigenvalue weighted by atomic mass is 9.91. The first-order valence-corrected chi connectivity index (χ1v) is 10.5. The number of hydrogen-bond acceptors (Lipinski definition) is 5. The van der Waals surface area contributed by atoms with Gasteiger partial charge in [0.15, 0.2) is 0 Å². The van der Waals surface area contributed by atoms with Gasteiger partial charge in [-0.3, -0.25) is 0 Å². The summed E-state index contributed by atoms with van der Waals surface area (Å²) in [5.41, 5.74) is 3.79. The maximum absolute atomic E-state index is 15.0. The van der Waals surface area contributed by atoms with Crippen molar-refractivity contribution in [3.05, 3.63) is 70.7 Å². The number of fused-ring (bicyclic) bond motifs is 1. The van der Waals surface area contributed by atoms with Gasteiger partial charge in [-0.1, -0.05) is 31.2 Å². The van der Waals surface area contributed by atoms with E-state index >= 15 is 4.39 Å². The summed E-state index contributed by atoms with van der Waals surface area (Å²) in [5, 5.41) is 41.0.